The molecular formula is C7H6F8O2. The minimum absolute atomic E-state index is 0.517. The summed E-state index contributed by atoms with van der Waals surface area (Å²) < 4.78 is 107. The molecule has 0 radical (unpaired) electrons. The Morgan fingerprint density at radius 3 is 1.65 bits per heavy atom. The van der Waals surface area contributed by atoms with E-state index in [-0.39, 0.29) is 0 Å². The molecule has 1 saturated heterocycles. The van der Waals surface area contributed by atoms with E-state index in [9.17, 15) is 35.1 Å². The first-order chi connectivity index (χ1) is 7.55. The molecule has 1 rings (SSSR count). The van der Waals surface area contributed by atoms with Gasteiger partial charge in [-0.3, -0.25) is 0 Å². The zero-order valence-electron chi connectivity index (χ0n) is 7.91. The molecule has 0 amide bonds. The normalized spacial score (nSPS) is 20.3. The van der Waals surface area contributed by atoms with Gasteiger partial charge in [-0.1, -0.05) is 0 Å². The highest BCUT2D eigenvalue weighted by atomic mass is 19.4. The maximum absolute atomic E-state index is 12.9. The molecule has 1 aliphatic rings. The molecular weight excluding hydrogens is 268 g/mol. The summed E-state index contributed by atoms with van der Waals surface area (Å²) in [6.07, 6.45) is -7.91. The fourth-order valence-electron chi connectivity index (χ4n) is 1.07. The van der Waals surface area contributed by atoms with Crippen molar-refractivity contribution in [1.82, 2.24) is 0 Å². The van der Waals surface area contributed by atoms with Crippen LogP contribution in [0.3, 0.4) is 0 Å². The van der Waals surface area contributed by atoms with Crippen LogP contribution in [-0.2, 0) is 9.47 Å². The molecule has 17 heavy (non-hydrogen) atoms. The van der Waals surface area contributed by atoms with E-state index in [0.29, 0.717) is 0 Å². The summed E-state index contributed by atoms with van der Waals surface area (Å²) in [5.74, 6) is -18.0. The zero-order valence-corrected chi connectivity index (χ0v) is 7.91. The molecule has 0 saturated carbocycles. The third-order valence-electron chi connectivity index (χ3n) is 2.03. The number of hydrogen-bond acceptors (Lipinski definition) is 2. The van der Waals surface area contributed by atoms with Gasteiger partial charge in [0.1, 0.15) is 0 Å². The SMILES string of the molecule is FC(F)C(F)(F)C(F)(F)C(F)(F)C1OCCO1. The summed E-state index contributed by atoms with van der Waals surface area (Å²) in [7, 11) is 0. The average molecular weight is 274 g/mol. The molecule has 1 aliphatic heterocycles. The van der Waals surface area contributed by atoms with Crippen molar-refractivity contribution >= 4 is 0 Å². The Labute approximate surface area is 89.5 Å². The van der Waals surface area contributed by atoms with Crippen molar-refractivity contribution in [3.8, 4) is 0 Å². The Bertz CT molecular complexity index is 273. The van der Waals surface area contributed by atoms with Gasteiger partial charge >= 0.3 is 24.2 Å². The first-order valence-electron chi connectivity index (χ1n) is 4.20. The Balaban J connectivity index is 3.02. The minimum atomic E-state index is -6.29. The van der Waals surface area contributed by atoms with E-state index in [4.69, 9.17) is 0 Å². The quantitative estimate of drug-likeness (QED) is 0.733. The molecule has 0 aromatic carbocycles. The second-order valence-corrected chi connectivity index (χ2v) is 3.19. The average Bonchev–Trinajstić information content (AvgIpc) is 2.69. The second-order valence-electron chi connectivity index (χ2n) is 3.19. The van der Waals surface area contributed by atoms with Crippen molar-refractivity contribution in [1.29, 1.82) is 0 Å². The van der Waals surface area contributed by atoms with Crippen LogP contribution in [0.5, 0.6) is 0 Å². The number of hydrogen-bond donors (Lipinski definition) is 0. The van der Waals surface area contributed by atoms with Crippen LogP contribution in [-0.4, -0.2) is 43.7 Å². The highest BCUT2D eigenvalue weighted by Crippen LogP contribution is 2.50. The largest absolute Gasteiger partial charge is 0.383 e. The van der Waals surface area contributed by atoms with E-state index in [1.54, 1.807) is 0 Å². The van der Waals surface area contributed by atoms with E-state index >= 15 is 0 Å². The molecule has 0 aromatic heterocycles. The van der Waals surface area contributed by atoms with Gasteiger partial charge in [-0.2, -0.15) is 26.3 Å². The lowest BCUT2D eigenvalue weighted by Crippen LogP contribution is -2.62. The number of alkyl halides is 8. The summed E-state index contributed by atoms with van der Waals surface area (Å²) in [4.78, 5) is 0. The van der Waals surface area contributed by atoms with Gasteiger partial charge in [0.15, 0.2) is 0 Å². The predicted molar refractivity (Wildman–Crippen MR) is 36.5 cm³/mol. The highest BCUT2D eigenvalue weighted by Gasteiger charge is 2.78. The lowest BCUT2D eigenvalue weighted by atomic mass is 10.0. The van der Waals surface area contributed by atoms with Crippen molar-refractivity contribution in [2.75, 3.05) is 13.2 Å². The topological polar surface area (TPSA) is 18.5 Å². The first-order valence-corrected chi connectivity index (χ1v) is 4.20. The van der Waals surface area contributed by atoms with E-state index in [1.807, 2.05) is 0 Å². The summed E-state index contributed by atoms with van der Waals surface area (Å²) in [5, 5.41) is 0. The molecule has 0 unspecified atom stereocenters. The maximum atomic E-state index is 12.9. The maximum Gasteiger partial charge on any atom is 0.383 e. The Morgan fingerprint density at radius 1 is 0.882 bits per heavy atom. The van der Waals surface area contributed by atoms with Gasteiger partial charge in [0.2, 0.25) is 6.29 Å². The molecule has 0 spiro atoms. The van der Waals surface area contributed by atoms with Crippen LogP contribution in [0, 0.1) is 0 Å². The van der Waals surface area contributed by atoms with Gasteiger partial charge in [-0.15, -0.1) is 0 Å². The zero-order chi connectivity index (χ0) is 13.5. The molecule has 0 bridgehead atoms. The molecule has 0 aromatic rings. The van der Waals surface area contributed by atoms with Gasteiger partial charge < -0.3 is 9.47 Å². The third kappa shape index (κ3) is 2.07. The lowest BCUT2D eigenvalue weighted by Gasteiger charge is -2.34. The fraction of sp³-hybridized carbons (Fsp3) is 1.00. The Kier molecular flexibility index (Phi) is 3.59. The van der Waals surface area contributed by atoms with Gasteiger partial charge in [0.25, 0.3) is 0 Å². The molecule has 0 aliphatic carbocycles. The van der Waals surface area contributed by atoms with Crippen molar-refractivity contribution in [3.63, 3.8) is 0 Å². The van der Waals surface area contributed by atoms with Crippen LogP contribution in [0.4, 0.5) is 35.1 Å². The molecule has 0 atom stereocenters. The summed E-state index contributed by atoms with van der Waals surface area (Å²) in [6.45, 7) is -1.03. The third-order valence-corrected chi connectivity index (χ3v) is 2.03. The van der Waals surface area contributed by atoms with Crippen molar-refractivity contribution in [2.24, 2.45) is 0 Å². The second kappa shape index (κ2) is 4.23. The summed E-state index contributed by atoms with van der Waals surface area (Å²) >= 11 is 0. The van der Waals surface area contributed by atoms with E-state index in [1.165, 1.54) is 0 Å². The van der Waals surface area contributed by atoms with Gasteiger partial charge in [-0.05, 0) is 0 Å². The van der Waals surface area contributed by atoms with Gasteiger partial charge in [0.05, 0.1) is 13.2 Å². The Hall–Kier alpha value is -0.640. The fourth-order valence-corrected chi connectivity index (χ4v) is 1.07. The van der Waals surface area contributed by atoms with E-state index < -0.39 is 43.7 Å². The first kappa shape index (κ1) is 14.4. The van der Waals surface area contributed by atoms with Gasteiger partial charge in [0, 0.05) is 0 Å². The molecule has 0 N–H and O–H groups in total. The molecule has 102 valence electrons. The van der Waals surface area contributed by atoms with Crippen LogP contribution in [0.25, 0.3) is 0 Å². The standard InChI is InChI=1S/C7H6F8O2/c8-3(9)5(10,11)7(14,15)6(12,13)4-16-1-2-17-4/h3-4H,1-2H2. The monoisotopic (exact) mass is 274 g/mol. The highest BCUT2D eigenvalue weighted by molar-refractivity contribution is 5.00. The van der Waals surface area contributed by atoms with Crippen LogP contribution < -0.4 is 0 Å². The predicted octanol–water partition coefficient (Wildman–Crippen LogP) is 2.53. The molecule has 1 heterocycles. The van der Waals surface area contributed by atoms with Crippen LogP contribution in [0.2, 0.25) is 0 Å². The number of rotatable bonds is 4. The molecule has 1 fully saturated rings. The van der Waals surface area contributed by atoms with Crippen LogP contribution in [0.15, 0.2) is 0 Å². The number of halogens is 8. The molecule has 10 heteroatoms. The van der Waals surface area contributed by atoms with E-state index in [2.05, 4.69) is 9.47 Å². The van der Waals surface area contributed by atoms with Crippen molar-refractivity contribution < 1.29 is 44.6 Å². The van der Waals surface area contributed by atoms with Gasteiger partial charge in [-0.25, -0.2) is 8.78 Å². The lowest BCUT2D eigenvalue weighted by molar-refractivity contribution is -0.376. The number of ether oxygens (including phenoxy) is 2. The van der Waals surface area contributed by atoms with Crippen LogP contribution >= 0.6 is 0 Å². The van der Waals surface area contributed by atoms with E-state index in [0.717, 1.165) is 0 Å². The van der Waals surface area contributed by atoms with Crippen molar-refractivity contribution in [2.45, 2.75) is 30.5 Å². The minimum Gasteiger partial charge on any atom is -0.345 e. The summed E-state index contributed by atoms with van der Waals surface area (Å²) in [5.41, 5.74) is 0. The summed E-state index contributed by atoms with van der Waals surface area (Å²) in [6, 6.07) is 0. The van der Waals surface area contributed by atoms with Crippen molar-refractivity contribution in [3.05, 3.63) is 0 Å². The smallest absolute Gasteiger partial charge is 0.345 e. The Morgan fingerprint density at radius 2 is 1.29 bits per heavy atom. The molecule has 2 nitrogen and oxygen atoms in total. The van der Waals surface area contributed by atoms with Crippen LogP contribution in [0.1, 0.15) is 0 Å².